The van der Waals surface area contributed by atoms with E-state index < -0.39 is 10.0 Å². The van der Waals surface area contributed by atoms with Gasteiger partial charge in [0, 0.05) is 48.8 Å². The van der Waals surface area contributed by atoms with E-state index in [4.69, 9.17) is 0 Å². The van der Waals surface area contributed by atoms with Crippen molar-refractivity contribution in [1.82, 2.24) is 19.1 Å². The Labute approximate surface area is 182 Å². The highest BCUT2D eigenvalue weighted by Crippen LogP contribution is 2.32. The van der Waals surface area contributed by atoms with Crippen molar-refractivity contribution in [3.63, 3.8) is 0 Å². The maximum Gasteiger partial charge on any atom is 0.246 e. The number of hydrogen-bond donors (Lipinski definition) is 1. The molecule has 1 atom stereocenters. The van der Waals surface area contributed by atoms with Gasteiger partial charge < -0.3 is 5.32 Å². The first kappa shape index (κ1) is 21.5. The molecule has 4 rings (SSSR count). The lowest BCUT2D eigenvalue weighted by Gasteiger charge is -2.31. The molecule has 9 heteroatoms. The lowest BCUT2D eigenvalue weighted by molar-refractivity contribution is 0.312. The number of aryl methyl sites for hydroxylation is 2. The van der Waals surface area contributed by atoms with E-state index in [-0.39, 0.29) is 16.6 Å². The zero-order chi connectivity index (χ0) is 22.2. The first-order valence-corrected chi connectivity index (χ1v) is 11.7. The molecule has 1 aromatic carbocycles. The molecule has 0 radical (unpaired) electrons. The highest BCUT2D eigenvalue weighted by Gasteiger charge is 2.33. The van der Waals surface area contributed by atoms with Crippen LogP contribution in [0.2, 0.25) is 0 Å². The molecule has 2 aromatic heterocycles. The van der Waals surface area contributed by atoms with Crippen LogP contribution in [0.1, 0.15) is 35.8 Å². The smallest absolute Gasteiger partial charge is 0.246 e. The first-order valence-electron chi connectivity index (χ1n) is 10.2. The van der Waals surface area contributed by atoms with Gasteiger partial charge in [-0.1, -0.05) is 6.07 Å². The fraction of sp³-hybridized carbons (Fsp3) is 0.364. The highest BCUT2D eigenvalue weighted by atomic mass is 32.2. The van der Waals surface area contributed by atoms with Crippen LogP contribution in [0.3, 0.4) is 0 Å². The van der Waals surface area contributed by atoms with E-state index in [1.807, 2.05) is 19.1 Å². The number of anilines is 2. The summed E-state index contributed by atoms with van der Waals surface area (Å²) in [4.78, 5) is 4.93. The van der Waals surface area contributed by atoms with Crippen LogP contribution in [-0.4, -0.2) is 40.6 Å². The molecule has 1 fully saturated rings. The van der Waals surface area contributed by atoms with Crippen molar-refractivity contribution in [3.8, 4) is 0 Å². The van der Waals surface area contributed by atoms with Gasteiger partial charge in [0.15, 0.2) is 0 Å². The van der Waals surface area contributed by atoms with Crippen LogP contribution in [0.5, 0.6) is 0 Å². The van der Waals surface area contributed by atoms with E-state index in [0.29, 0.717) is 24.5 Å². The van der Waals surface area contributed by atoms with Gasteiger partial charge in [-0.25, -0.2) is 12.8 Å². The van der Waals surface area contributed by atoms with Gasteiger partial charge in [-0.3, -0.25) is 9.67 Å². The van der Waals surface area contributed by atoms with E-state index >= 15 is 0 Å². The summed E-state index contributed by atoms with van der Waals surface area (Å²) in [6.45, 7) is 4.50. The van der Waals surface area contributed by atoms with Gasteiger partial charge in [0.25, 0.3) is 0 Å². The van der Waals surface area contributed by atoms with Crippen LogP contribution in [0.25, 0.3) is 0 Å². The summed E-state index contributed by atoms with van der Waals surface area (Å²) < 4.78 is 43.0. The number of halogens is 1. The predicted molar refractivity (Wildman–Crippen MR) is 117 cm³/mol. The van der Waals surface area contributed by atoms with Gasteiger partial charge in [0.1, 0.15) is 10.7 Å². The lowest BCUT2D eigenvalue weighted by atomic mass is 9.95. The van der Waals surface area contributed by atoms with Crippen molar-refractivity contribution < 1.29 is 12.8 Å². The first-order chi connectivity index (χ1) is 14.7. The molecule has 0 spiro atoms. The largest absolute Gasteiger partial charge is 0.355 e. The Balaban J connectivity index is 1.58. The van der Waals surface area contributed by atoms with Crippen LogP contribution < -0.4 is 5.32 Å². The van der Waals surface area contributed by atoms with Gasteiger partial charge >= 0.3 is 0 Å². The van der Waals surface area contributed by atoms with Gasteiger partial charge in [0.05, 0.1) is 11.9 Å². The van der Waals surface area contributed by atoms with Crippen molar-refractivity contribution in [3.05, 3.63) is 65.5 Å². The minimum Gasteiger partial charge on any atom is -0.355 e. The molecule has 1 N–H and O–H groups in total. The molecule has 31 heavy (non-hydrogen) atoms. The number of nitrogens with one attached hydrogen (secondary N) is 1. The molecule has 1 aliphatic heterocycles. The van der Waals surface area contributed by atoms with Crippen LogP contribution in [-0.2, 0) is 17.1 Å². The van der Waals surface area contributed by atoms with Crippen molar-refractivity contribution in [2.75, 3.05) is 18.4 Å². The molecular weight excluding hydrogens is 417 g/mol. The number of benzene rings is 1. The second-order valence-electron chi connectivity index (χ2n) is 7.98. The van der Waals surface area contributed by atoms with Gasteiger partial charge in [-0.15, -0.1) is 0 Å². The Bertz CT molecular complexity index is 1210. The second kappa shape index (κ2) is 8.39. The van der Waals surface area contributed by atoms with Gasteiger partial charge in [0.2, 0.25) is 10.0 Å². The van der Waals surface area contributed by atoms with Crippen LogP contribution in [0.4, 0.5) is 15.8 Å². The van der Waals surface area contributed by atoms with Crippen molar-refractivity contribution in [1.29, 1.82) is 0 Å². The quantitative estimate of drug-likeness (QED) is 0.647. The number of piperidine rings is 1. The Kier molecular flexibility index (Phi) is 5.81. The zero-order valence-electron chi connectivity index (χ0n) is 17.8. The summed E-state index contributed by atoms with van der Waals surface area (Å²) in [5, 5.41) is 7.31. The standard InChI is InChI=1S/C22H26FN5O2S/c1-15-10-20(26-19-8-4-7-18(23)11-19)12-21(25-15)17-6-5-9-28(14-17)31(29,30)22-13-24-27(3)16(22)2/h4,7-8,10-13,17H,5-6,9,14H2,1-3H3,(H,25,26)/t17-/m0/s1. The minimum absolute atomic E-state index is 0.0199. The summed E-state index contributed by atoms with van der Waals surface area (Å²) in [6, 6.07) is 10.1. The lowest BCUT2D eigenvalue weighted by Crippen LogP contribution is -2.39. The maximum absolute atomic E-state index is 13.5. The summed E-state index contributed by atoms with van der Waals surface area (Å²) in [5.41, 5.74) is 3.73. The van der Waals surface area contributed by atoms with E-state index in [2.05, 4.69) is 15.4 Å². The van der Waals surface area contributed by atoms with Crippen LogP contribution in [0, 0.1) is 19.7 Å². The fourth-order valence-corrected chi connectivity index (χ4v) is 5.69. The van der Waals surface area contributed by atoms with Crippen molar-refractivity contribution in [2.45, 2.75) is 37.5 Å². The monoisotopic (exact) mass is 443 g/mol. The summed E-state index contributed by atoms with van der Waals surface area (Å²) in [6.07, 6.45) is 3.03. The highest BCUT2D eigenvalue weighted by molar-refractivity contribution is 7.89. The van der Waals surface area contributed by atoms with Crippen molar-refractivity contribution in [2.24, 2.45) is 7.05 Å². The Hall–Kier alpha value is -2.78. The Morgan fingerprint density at radius 1 is 1.16 bits per heavy atom. The molecule has 3 heterocycles. The van der Waals surface area contributed by atoms with E-state index in [0.717, 1.165) is 29.9 Å². The minimum atomic E-state index is -3.62. The molecule has 0 bridgehead atoms. The van der Waals surface area contributed by atoms with E-state index in [1.165, 1.54) is 22.6 Å². The molecule has 1 saturated heterocycles. The number of sulfonamides is 1. The average molecular weight is 444 g/mol. The Morgan fingerprint density at radius 3 is 2.68 bits per heavy atom. The Morgan fingerprint density at radius 2 is 1.97 bits per heavy atom. The number of hydrogen-bond acceptors (Lipinski definition) is 5. The van der Waals surface area contributed by atoms with Gasteiger partial charge in [-0.05, 0) is 57.0 Å². The maximum atomic E-state index is 13.5. The summed E-state index contributed by atoms with van der Waals surface area (Å²) >= 11 is 0. The van der Waals surface area contributed by atoms with E-state index in [1.54, 1.807) is 30.8 Å². The molecular formula is C22H26FN5O2S. The molecule has 164 valence electrons. The third kappa shape index (κ3) is 4.47. The van der Waals surface area contributed by atoms with Crippen LogP contribution in [0.15, 0.2) is 47.5 Å². The fourth-order valence-electron chi connectivity index (χ4n) is 3.98. The molecule has 0 amide bonds. The molecule has 3 aromatic rings. The molecule has 0 aliphatic carbocycles. The second-order valence-corrected chi connectivity index (χ2v) is 9.88. The van der Waals surface area contributed by atoms with Gasteiger partial charge in [-0.2, -0.15) is 9.40 Å². The van der Waals surface area contributed by atoms with E-state index in [9.17, 15) is 12.8 Å². The molecule has 1 aliphatic rings. The third-order valence-electron chi connectivity index (χ3n) is 5.70. The SMILES string of the molecule is Cc1cc(Nc2cccc(F)c2)cc([C@H]2CCCN(S(=O)(=O)c3cnn(C)c3C)C2)n1. The third-order valence-corrected chi connectivity index (χ3v) is 7.67. The molecule has 0 saturated carbocycles. The number of aromatic nitrogens is 3. The molecule has 0 unspecified atom stereocenters. The number of rotatable bonds is 5. The van der Waals surface area contributed by atoms with Crippen LogP contribution >= 0.6 is 0 Å². The average Bonchev–Trinajstić information content (AvgIpc) is 3.07. The summed E-state index contributed by atoms with van der Waals surface area (Å²) in [5.74, 6) is -0.330. The zero-order valence-corrected chi connectivity index (χ0v) is 18.7. The topological polar surface area (TPSA) is 80.1 Å². The predicted octanol–water partition coefficient (Wildman–Crippen LogP) is 3.88. The summed E-state index contributed by atoms with van der Waals surface area (Å²) in [7, 11) is -1.89. The van der Waals surface area contributed by atoms with Crippen molar-refractivity contribution >= 4 is 21.4 Å². The normalized spacial score (nSPS) is 17.6. The number of pyridine rings is 1. The molecule has 7 nitrogen and oxygen atoms in total. The number of nitrogens with zero attached hydrogens (tertiary/aromatic N) is 4.